The maximum absolute atomic E-state index is 12.6. The first-order valence-electron chi connectivity index (χ1n) is 8.83. The van der Waals surface area contributed by atoms with Gasteiger partial charge >= 0.3 is 0 Å². The van der Waals surface area contributed by atoms with Crippen molar-refractivity contribution in [1.29, 1.82) is 0 Å². The zero-order chi connectivity index (χ0) is 18.6. The highest BCUT2D eigenvalue weighted by atomic mass is 16.2. The van der Waals surface area contributed by atoms with Crippen LogP contribution in [-0.2, 0) is 19.2 Å². The van der Waals surface area contributed by atoms with Crippen LogP contribution in [0.15, 0.2) is 0 Å². The number of Topliss-reactive ketones (excluding diaryl/α,β-unsaturated/α-hetero) is 1. The molecule has 1 heterocycles. The van der Waals surface area contributed by atoms with Gasteiger partial charge in [0.1, 0.15) is 6.04 Å². The molecule has 8 nitrogen and oxygen atoms in total. The monoisotopic (exact) mass is 352 g/mol. The van der Waals surface area contributed by atoms with Crippen molar-refractivity contribution in [3.05, 3.63) is 0 Å². The van der Waals surface area contributed by atoms with Crippen LogP contribution in [0.1, 0.15) is 39.5 Å². The summed E-state index contributed by atoms with van der Waals surface area (Å²) in [7, 11) is 1.36. The molecule has 140 valence electrons. The van der Waals surface area contributed by atoms with Gasteiger partial charge in [-0.25, -0.2) is 0 Å². The Morgan fingerprint density at radius 3 is 2.36 bits per heavy atom. The molecule has 0 bridgehead atoms. The Balaban J connectivity index is 1.98. The molecule has 2 fully saturated rings. The van der Waals surface area contributed by atoms with Gasteiger partial charge in [0, 0.05) is 19.6 Å². The van der Waals surface area contributed by atoms with Crippen molar-refractivity contribution in [1.82, 2.24) is 20.9 Å². The van der Waals surface area contributed by atoms with Crippen LogP contribution in [0.3, 0.4) is 0 Å². The molecule has 8 heteroatoms. The van der Waals surface area contributed by atoms with E-state index >= 15 is 0 Å². The molecule has 1 spiro atoms. The molecule has 1 saturated heterocycles. The molecule has 1 atom stereocenters. The first-order chi connectivity index (χ1) is 11.8. The maximum atomic E-state index is 12.6. The molecule has 1 saturated carbocycles. The molecular weight excluding hydrogens is 324 g/mol. The number of likely N-dealkylation sites (N-methyl/N-ethyl adjacent to an activating group) is 1. The fourth-order valence-corrected chi connectivity index (χ4v) is 3.20. The lowest BCUT2D eigenvalue weighted by atomic mass is 9.87. The molecule has 0 aromatic carbocycles. The predicted octanol–water partition coefficient (Wildman–Crippen LogP) is -0.813. The lowest BCUT2D eigenvalue weighted by Gasteiger charge is -2.39. The Hall–Kier alpha value is -1.96. The van der Waals surface area contributed by atoms with Crippen molar-refractivity contribution in [2.24, 2.45) is 5.41 Å². The number of ketones is 1. The van der Waals surface area contributed by atoms with E-state index in [1.165, 1.54) is 7.05 Å². The lowest BCUT2D eigenvalue weighted by Crippen LogP contribution is -2.56. The summed E-state index contributed by atoms with van der Waals surface area (Å²) in [6.07, 6.45) is 3.71. The van der Waals surface area contributed by atoms with Gasteiger partial charge in [0.2, 0.25) is 17.6 Å². The zero-order valence-electron chi connectivity index (χ0n) is 15.2. The van der Waals surface area contributed by atoms with Crippen LogP contribution in [-0.4, -0.2) is 67.2 Å². The summed E-state index contributed by atoms with van der Waals surface area (Å²) in [5.74, 6) is -1.91. The molecule has 1 aliphatic heterocycles. The number of piperidine rings is 1. The molecule has 0 aromatic rings. The summed E-state index contributed by atoms with van der Waals surface area (Å²) >= 11 is 0. The average molecular weight is 352 g/mol. The number of hydrogen-bond acceptors (Lipinski definition) is 5. The van der Waals surface area contributed by atoms with Gasteiger partial charge in [0.15, 0.2) is 0 Å². The normalized spacial score (nSPS) is 21.1. The Morgan fingerprint density at radius 1 is 1.12 bits per heavy atom. The second-order valence-corrected chi connectivity index (χ2v) is 7.31. The van der Waals surface area contributed by atoms with Crippen LogP contribution < -0.4 is 16.0 Å². The van der Waals surface area contributed by atoms with Crippen LogP contribution >= 0.6 is 0 Å². The summed E-state index contributed by atoms with van der Waals surface area (Å²) in [4.78, 5) is 49.5. The topological polar surface area (TPSA) is 108 Å². The highest BCUT2D eigenvalue weighted by Gasteiger charge is 2.50. The number of likely N-dealkylation sites (tertiary alicyclic amines) is 1. The van der Waals surface area contributed by atoms with E-state index in [0.29, 0.717) is 13.0 Å². The van der Waals surface area contributed by atoms with Gasteiger partial charge in [-0.15, -0.1) is 0 Å². The van der Waals surface area contributed by atoms with Gasteiger partial charge in [-0.1, -0.05) is 13.8 Å². The Bertz CT molecular complexity index is 557. The Morgan fingerprint density at radius 2 is 1.80 bits per heavy atom. The summed E-state index contributed by atoms with van der Waals surface area (Å²) in [5.41, 5.74) is 0.176. The summed E-state index contributed by atoms with van der Waals surface area (Å²) < 4.78 is 0. The number of carbonyl (C=O) groups excluding carboxylic acids is 4. The first kappa shape index (κ1) is 19.4. The van der Waals surface area contributed by atoms with Crippen LogP contribution in [0.25, 0.3) is 0 Å². The Labute approximate surface area is 148 Å². The third kappa shape index (κ3) is 5.01. The van der Waals surface area contributed by atoms with Crippen molar-refractivity contribution in [3.63, 3.8) is 0 Å². The standard InChI is InChI=1S/C17H28N4O4/c1-11(2)19-10-14(23)21-7-6-17(4-5-17)8-12(21)15(24)20-9-13(22)16(25)18-3/h11-12,19H,4-10H2,1-3H3,(H,18,25)(H,20,24). The SMILES string of the molecule is CNC(=O)C(=O)CNC(=O)C1CC2(CCN1C(=O)CNC(C)C)CC2. The number of rotatable bonds is 7. The lowest BCUT2D eigenvalue weighted by molar-refractivity contribution is -0.144. The third-order valence-electron chi connectivity index (χ3n) is 5.03. The van der Waals surface area contributed by atoms with Crippen LogP contribution in [0.2, 0.25) is 0 Å². The zero-order valence-corrected chi connectivity index (χ0v) is 15.2. The van der Waals surface area contributed by atoms with Crippen molar-refractivity contribution < 1.29 is 19.2 Å². The minimum absolute atomic E-state index is 0.109. The second kappa shape index (κ2) is 7.95. The van der Waals surface area contributed by atoms with E-state index in [-0.39, 0.29) is 36.4 Å². The van der Waals surface area contributed by atoms with Crippen LogP contribution in [0, 0.1) is 5.41 Å². The molecular formula is C17H28N4O4. The second-order valence-electron chi connectivity index (χ2n) is 7.31. The number of hydrogen-bond donors (Lipinski definition) is 3. The highest BCUT2D eigenvalue weighted by molar-refractivity contribution is 6.37. The number of carbonyl (C=O) groups is 4. The van der Waals surface area contributed by atoms with Crippen LogP contribution in [0.4, 0.5) is 0 Å². The minimum Gasteiger partial charge on any atom is -0.353 e. The molecule has 2 rings (SSSR count). The number of nitrogens with zero attached hydrogens (tertiary/aromatic N) is 1. The summed E-state index contributed by atoms with van der Waals surface area (Å²) in [6.45, 7) is 4.30. The molecule has 1 unspecified atom stereocenters. The van der Waals surface area contributed by atoms with E-state index in [9.17, 15) is 19.2 Å². The number of nitrogens with one attached hydrogen (secondary N) is 3. The molecule has 0 radical (unpaired) electrons. The van der Waals surface area contributed by atoms with Crippen molar-refractivity contribution in [2.75, 3.05) is 26.7 Å². The average Bonchev–Trinajstić information content (AvgIpc) is 3.35. The predicted molar refractivity (Wildman–Crippen MR) is 91.6 cm³/mol. The smallest absolute Gasteiger partial charge is 0.289 e. The first-order valence-corrected chi connectivity index (χ1v) is 8.83. The molecule has 2 aliphatic rings. The van der Waals surface area contributed by atoms with Gasteiger partial charge in [0.05, 0.1) is 13.1 Å². The molecule has 1 aliphatic carbocycles. The molecule has 0 aromatic heterocycles. The van der Waals surface area contributed by atoms with E-state index in [2.05, 4.69) is 16.0 Å². The summed E-state index contributed by atoms with van der Waals surface area (Å²) in [6, 6.07) is -0.392. The van der Waals surface area contributed by atoms with Gasteiger partial charge in [0.25, 0.3) is 5.91 Å². The van der Waals surface area contributed by atoms with Gasteiger partial charge in [-0.3, -0.25) is 19.2 Å². The highest BCUT2D eigenvalue weighted by Crippen LogP contribution is 2.55. The van der Waals surface area contributed by atoms with Crippen molar-refractivity contribution >= 4 is 23.5 Å². The fraction of sp³-hybridized carbons (Fsp3) is 0.765. The van der Waals surface area contributed by atoms with E-state index < -0.39 is 17.7 Å². The van der Waals surface area contributed by atoms with Crippen LogP contribution in [0.5, 0.6) is 0 Å². The summed E-state index contributed by atoms with van der Waals surface area (Å²) in [5, 5.41) is 7.83. The van der Waals surface area contributed by atoms with E-state index in [1.54, 1.807) is 4.90 Å². The third-order valence-corrected chi connectivity index (χ3v) is 5.03. The van der Waals surface area contributed by atoms with E-state index in [4.69, 9.17) is 0 Å². The minimum atomic E-state index is -0.739. The number of amides is 3. The quantitative estimate of drug-likeness (QED) is 0.519. The maximum Gasteiger partial charge on any atom is 0.289 e. The van der Waals surface area contributed by atoms with Gasteiger partial charge < -0.3 is 20.9 Å². The van der Waals surface area contributed by atoms with Gasteiger partial charge in [-0.2, -0.15) is 0 Å². The van der Waals surface area contributed by atoms with Gasteiger partial charge in [-0.05, 0) is 31.1 Å². The van der Waals surface area contributed by atoms with E-state index in [1.807, 2.05) is 13.8 Å². The molecule has 25 heavy (non-hydrogen) atoms. The fourth-order valence-electron chi connectivity index (χ4n) is 3.20. The largest absolute Gasteiger partial charge is 0.353 e. The van der Waals surface area contributed by atoms with Crippen molar-refractivity contribution in [3.8, 4) is 0 Å². The Kier molecular flexibility index (Phi) is 6.16. The van der Waals surface area contributed by atoms with E-state index in [0.717, 1.165) is 19.3 Å². The van der Waals surface area contributed by atoms with Crippen molar-refractivity contribution in [2.45, 2.75) is 51.6 Å². The molecule has 3 amide bonds. The molecule has 3 N–H and O–H groups in total.